The van der Waals surface area contributed by atoms with Gasteiger partial charge in [-0.15, -0.1) is 0 Å². The highest BCUT2D eigenvalue weighted by Crippen LogP contribution is 2.40. The summed E-state index contributed by atoms with van der Waals surface area (Å²) in [5.41, 5.74) is 15.2. The van der Waals surface area contributed by atoms with E-state index in [0.29, 0.717) is 26.4 Å². The summed E-state index contributed by atoms with van der Waals surface area (Å²) < 4.78 is 27.1. The van der Waals surface area contributed by atoms with Crippen molar-refractivity contribution >= 4 is 46.4 Å². The van der Waals surface area contributed by atoms with E-state index in [2.05, 4.69) is 219 Å². The summed E-state index contributed by atoms with van der Waals surface area (Å²) >= 11 is 0. The molecule has 0 unspecified atom stereocenters. The van der Waals surface area contributed by atoms with Crippen LogP contribution in [0.1, 0.15) is 126 Å². The lowest BCUT2D eigenvalue weighted by Crippen LogP contribution is -3.05. The molecule has 9 rings (SSSR count). The first-order valence-electron chi connectivity index (χ1n) is 32.2. The molecular weight excluding hydrogens is 1060 g/mol. The second kappa shape index (κ2) is 30.8. The van der Waals surface area contributed by atoms with Gasteiger partial charge in [0.1, 0.15) is 23.0 Å². The minimum absolute atomic E-state index is 0.656. The van der Waals surface area contributed by atoms with E-state index in [1.165, 1.54) is 75.5 Å². The van der Waals surface area contributed by atoms with E-state index in [1.807, 2.05) is 0 Å². The molecule has 8 bridgehead atoms. The van der Waals surface area contributed by atoms with Gasteiger partial charge in [-0.25, -0.2) is 9.97 Å². The van der Waals surface area contributed by atoms with Gasteiger partial charge in [0.05, 0.1) is 125 Å². The van der Waals surface area contributed by atoms with Crippen LogP contribution in [0.2, 0.25) is 0 Å². The molecule has 454 valence electrons. The number of ether oxygens (including phenoxy) is 4. The number of aromatic nitrogens is 4. The number of H-pyrrole nitrogens is 2. The van der Waals surface area contributed by atoms with Crippen LogP contribution in [-0.4, -0.2) is 131 Å². The third-order valence-corrected chi connectivity index (χ3v) is 16.2. The number of hydrogen-bond acceptors (Lipinski definition) is 6. The highest BCUT2D eigenvalue weighted by Gasteiger charge is 2.20. The van der Waals surface area contributed by atoms with E-state index in [9.17, 15) is 0 Å². The van der Waals surface area contributed by atoms with Gasteiger partial charge in [-0.2, -0.15) is 0 Å². The van der Waals surface area contributed by atoms with Crippen LogP contribution in [0.4, 0.5) is 0 Å². The zero-order chi connectivity index (χ0) is 60.3. The van der Waals surface area contributed by atoms with Crippen molar-refractivity contribution in [3.05, 3.63) is 144 Å². The highest BCUT2D eigenvalue weighted by atomic mass is 16.5. The first-order valence-corrected chi connectivity index (χ1v) is 32.2. The number of rotatable bonds is 33. The number of nitrogens with zero attached hydrogens (tertiary/aromatic N) is 4. The minimum Gasteiger partial charge on any atom is -0.494 e. The molecule has 3 N–H and O–H groups in total. The molecular formula is C75H98N7O4+3. The van der Waals surface area contributed by atoms with E-state index in [4.69, 9.17) is 28.9 Å². The number of hydrogen-bond donors (Lipinski definition) is 3. The number of quaternary nitrogens is 3. The van der Waals surface area contributed by atoms with Gasteiger partial charge in [-0.1, -0.05) is 126 Å². The van der Waals surface area contributed by atoms with Crippen LogP contribution >= 0.6 is 0 Å². The van der Waals surface area contributed by atoms with E-state index < -0.39 is 0 Å². The molecule has 11 nitrogen and oxygen atoms in total. The van der Waals surface area contributed by atoms with Crippen LogP contribution in [0.25, 0.3) is 90.9 Å². The molecule has 0 radical (unpaired) electrons. The Morgan fingerprint density at radius 3 is 0.884 bits per heavy atom. The lowest BCUT2D eigenvalue weighted by atomic mass is 10.0. The van der Waals surface area contributed by atoms with Crippen molar-refractivity contribution in [1.82, 2.24) is 19.9 Å². The fourth-order valence-electron chi connectivity index (χ4n) is 11.5. The average molecular weight is 1160 g/mol. The number of nitrogens with one attached hydrogen (secondary N) is 3. The summed E-state index contributed by atoms with van der Waals surface area (Å²) in [6.07, 6.45) is 27.4. The molecule has 0 saturated heterocycles. The van der Waals surface area contributed by atoms with Crippen LogP contribution < -0.4 is 23.8 Å². The molecule has 0 fully saturated rings. The molecule has 0 atom stereocenters. The van der Waals surface area contributed by atoms with Crippen molar-refractivity contribution in [3.63, 3.8) is 0 Å². The monoisotopic (exact) mass is 1160 g/mol. The van der Waals surface area contributed by atoms with E-state index in [0.717, 1.165) is 167 Å². The van der Waals surface area contributed by atoms with Crippen LogP contribution in [-0.2, 0) is 0 Å². The Bertz CT molecular complexity index is 3430. The first kappa shape index (κ1) is 63.1. The predicted octanol–water partition coefficient (Wildman–Crippen LogP) is 16.3. The highest BCUT2D eigenvalue weighted by molar-refractivity contribution is 6.00. The average Bonchev–Trinajstić information content (AvgIpc) is 1.87. The number of aromatic amines is 2. The SMILES string of the molecule is CCCCCCCCCCCCCCOc1ccc(-c2c3nc(c(-c4ccc(OCCC[N+](C)(C)C)cc4)c4ccc([nH]4)c(-c4ccc(OCCC[NH+](C)C)cc4)c4nc(c(-c5ccc(OCCC[N+](C)(C)C)cc5)c5ccc2[nH]5)C=C4)C=C3)cc1. The summed E-state index contributed by atoms with van der Waals surface area (Å²) in [5.74, 6) is 3.41. The Labute approximate surface area is 514 Å². The lowest BCUT2D eigenvalue weighted by Gasteiger charge is -2.23. The second-order valence-electron chi connectivity index (χ2n) is 25.9. The van der Waals surface area contributed by atoms with Crippen LogP contribution in [0, 0.1) is 0 Å². The van der Waals surface area contributed by atoms with Gasteiger partial charge in [0.15, 0.2) is 0 Å². The van der Waals surface area contributed by atoms with Gasteiger partial charge in [-0.3, -0.25) is 0 Å². The van der Waals surface area contributed by atoms with Crippen molar-refractivity contribution in [2.24, 2.45) is 0 Å². The zero-order valence-corrected chi connectivity index (χ0v) is 53.3. The van der Waals surface area contributed by atoms with Crippen LogP contribution in [0.3, 0.4) is 0 Å². The van der Waals surface area contributed by atoms with Crippen molar-refractivity contribution in [3.8, 4) is 67.5 Å². The maximum absolute atomic E-state index is 6.40. The molecule has 5 heterocycles. The molecule has 0 amide bonds. The molecule has 7 aromatic rings. The van der Waals surface area contributed by atoms with E-state index >= 15 is 0 Å². The second-order valence-corrected chi connectivity index (χ2v) is 25.9. The van der Waals surface area contributed by atoms with Crippen molar-refractivity contribution in [1.29, 1.82) is 0 Å². The minimum atomic E-state index is 0.656. The molecule has 2 aliphatic rings. The molecule has 86 heavy (non-hydrogen) atoms. The molecule has 0 aliphatic carbocycles. The summed E-state index contributed by atoms with van der Waals surface area (Å²) in [4.78, 5) is 20.5. The quantitative estimate of drug-likeness (QED) is 0.0280. The largest absolute Gasteiger partial charge is 0.494 e. The Balaban J connectivity index is 1.13. The Morgan fingerprint density at radius 1 is 0.337 bits per heavy atom. The van der Waals surface area contributed by atoms with Crippen molar-refractivity contribution < 1.29 is 32.8 Å². The number of fused-ring (bicyclic) bond motifs is 8. The Hall–Kier alpha value is -7.44. The van der Waals surface area contributed by atoms with Gasteiger partial charge in [0, 0.05) is 63.6 Å². The molecule has 11 heteroatoms. The van der Waals surface area contributed by atoms with Crippen molar-refractivity contribution in [2.45, 2.75) is 103 Å². The predicted molar refractivity (Wildman–Crippen MR) is 361 cm³/mol. The summed E-state index contributed by atoms with van der Waals surface area (Å²) in [6.45, 7) is 8.09. The van der Waals surface area contributed by atoms with Crippen LogP contribution in [0.5, 0.6) is 23.0 Å². The van der Waals surface area contributed by atoms with Gasteiger partial charge >= 0.3 is 0 Å². The fraction of sp³-hybridized carbons (Fsp3) is 0.413. The molecule has 0 spiro atoms. The number of benzene rings is 4. The van der Waals surface area contributed by atoms with Gasteiger partial charge in [0.25, 0.3) is 0 Å². The van der Waals surface area contributed by atoms with E-state index in [1.54, 1.807) is 0 Å². The van der Waals surface area contributed by atoms with Crippen LogP contribution in [0.15, 0.2) is 121 Å². The first-order chi connectivity index (χ1) is 41.7. The topological polar surface area (TPSA) is 98.7 Å². The number of unbranched alkanes of at least 4 members (excludes halogenated alkanes) is 11. The molecule has 4 aromatic carbocycles. The fourth-order valence-corrected chi connectivity index (χ4v) is 11.5. The standard InChI is InChI=1S/C75H97N7O4/c1-10-11-12-13-14-15-16-17-18-19-20-21-52-83-60-33-25-56(26-34-60)72-64-41-45-68(76-64)74(58-29-37-62(38-30-58)85-54-23-50-81(4,5)6)70-47-43-66(78-70)73(57-27-35-61(36-28-57)84-53-22-49-80(2)3)67-44-48-71(79-67)75(69-46-42-65(72)77-69)59-31-39-63(40-32-59)86-55-24-51-82(7,8)9/h25-48,76,79H,10-24,49-55H2,1-9H3/q+2/p+1. The summed E-state index contributed by atoms with van der Waals surface area (Å²) in [7, 11) is 17.7. The Kier molecular flexibility index (Phi) is 22.6. The Morgan fingerprint density at radius 2 is 0.605 bits per heavy atom. The smallest absolute Gasteiger partial charge is 0.119 e. The van der Waals surface area contributed by atoms with Gasteiger partial charge in [-0.05, 0) is 126 Å². The van der Waals surface area contributed by atoms with Crippen molar-refractivity contribution in [2.75, 3.05) is 102 Å². The maximum atomic E-state index is 6.40. The maximum Gasteiger partial charge on any atom is 0.119 e. The van der Waals surface area contributed by atoms with Gasteiger partial charge in [0.2, 0.25) is 0 Å². The molecule has 3 aromatic heterocycles. The zero-order valence-electron chi connectivity index (χ0n) is 53.3. The summed E-state index contributed by atoms with van der Waals surface area (Å²) in [5, 5.41) is 0. The third kappa shape index (κ3) is 18.3. The molecule has 2 aliphatic heterocycles. The summed E-state index contributed by atoms with van der Waals surface area (Å²) in [6, 6.07) is 42.8. The van der Waals surface area contributed by atoms with Gasteiger partial charge < -0.3 is 42.8 Å². The molecule has 0 saturated carbocycles. The lowest BCUT2D eigenvalue weighted by molar-refractivity contribution is -0.870. The normalized spacial score (nSPS) is 12.3. The third-order valence-electron chi connectivity index (χ3n) is 16.2. The van der Waals surface area contributed by atoms with E-state index in [-0.39, 0.29) is 0 Å².